The van der Waals surface area contributed by atoms with Crippen LogP contribution in [0.5, 0.6) is 0 Å². The van der Waals surface area contributed by atoms with Gasteiger partial charge in [0.25, 0.3) is 0 Å². The van der Waals surface area contributed by atoms with Crippen LogP contribution < -0.4 is 4.57 Å². The molecular weight excluding hydrogens is 446 g/mol. The first-order valence-electron chi connectivity index (χ1n) is 12.7. The number of hydrogen-bond acceptors (Lipinski definition) is 3. The number of aromatic nitrogens is 2. The van der Waals surface area contributed by atoms with E-state index in [4.69, 9.17) is 9.98 Å². The third kappa shape index (κ3) is 3.27. The van der Waals surface area contributed by atoms with Gasteiger partial charge in [0.15, 0.2) is 12.2 Å². The monoisotopic (exact) mass is 474 g/mol. The molecule has 2 aliphatic heterocycles. The maximum Gasteiger partial charge on any atom is 0.213 e. The highest BCUT2D eigenvalue weighted by Crippen LogP contribution is 2.44. The van der Waals surface area contributed by atoms with Gasteiger partial charge in [0.2, 0.25) is 5.69 Å². The first-order chi connectivity index (χ1) is 17.3. The quantitative estimate of drug-likeness (QED) is 0.276. The SMILES string of the molecule is C=C/C1=N/C=C/CC2c3ccccc3-c3cccc[n+]3C2Cc2cnc3c4c(sc3c21)CCCC4. The van der Waals surface area contributed by atoms with Crippen molar-refractivity contribution in [2.75, 3.05) is 0 Å². The van der Waals surface area contributed by atoms with Gasteiger partial charge in [-0.05, 0) is 67.0 Å². The number of pyridine rings is 2. The van der Waals surface area contributed by atoms with Crippen LogP contribution in [0.1, 0.15) is 58.4 Å². The summed E-state index contributed by atoms with van der Waals surface area (Å²) in [6.07, 6.45) is 17.3. The average Bonchev–Trinajstić information content (AvgIpc) is 3.29. The van der Waals surface area contributed by atoms with Crippen molar-refractivity contribution >= 4 is 27.3 Å². The largest absolute Gasteiger partial charge is 0.257 e. The minimum atomic E-state index is 0.308. The maximum atomic E-state index is 5.09. The van der Waals surface area contributed by atoms with E-state index in [1.54, 1.807) is 0 Å². The Labute approximate surface area is 210 Å². The van der Waals surface area contributed by atoms with Gasteiger partial charge in [-0.3, -0.25) is 9.98 Å². The molecule has 0 saturated heterocycles. The van der Waals surface area contributed by atoms with Crippen LogP contribution in [0, 0.1) is 0 Å². The number of aliphatic imine (C=N–C) groups is 1. The van der Waals surface area contributed by atoms with Crippen molar-refractivity contribution in [3.8, 4) is 11.3 Å². The summed E-state index contributed by atoms with van der Waals surface area (Å²) in [6, 6.07) is 15.8. The van der Waals surface area contributed by atoms with Gasteiger partial charge < -0.3 is 0 Å². The van der Waals surface area contributed by atoms with Crippen LogP contribution in [-0.4, -0.2) is 10.7 Å². The van der Waals surface area contributed by atoms with E-state index in [0.717, 1.165) is 25.0 Å². The van der Waals surface area contributed by atoms with E-state index in [-0.39, 0.29) is 0 Å². The van der Waals surface area contributed by atoms with E-state index >= 15 is 0 Å². The summed E-state index contributed by atoms with van der Waals surface area (Å²) in [4.78, 5) is 11.5. The van der Waals surface area contributed by atoms with Crippen molar-refractivity contribution in [1.82, 2.24) is 4.98 Å². The van der Waals surface area contributed by atoms with Crippen LogP contribution in [0.4, 0.5) is 0 Å². The first kappa shape index (κ1) is 21.0. The highest BCUT2D eigenvalue weighted by molar-refractivity contribution is 7.19. The van der Waals surface area contributed by atoms with Crippen LogP contribution in [0.3, 0.4) is 0 Å². The third-order valence-electron chi connectivity index (χ3n) is 7.98. The van der Waals surface area contributed by atoms with Crippen LogP contribution >= 0.6 is 11.3 Å². The van der Waals surface area contributed by atoms with Gasteiger partial charge in [-0.1, -0.05) is 30.9 Å². The zero-order valence-electron chi connectivity index (χ0n) is 19.8. The van der Waals surface area contributed by atoms with E-state index in [0.29, 0.717) is 12.0 Å². The normalized spacial score (nSPS) is 23.0. The standard InChI is InChI=1S/C31H28N3S/c1-2-25-29-20(19-33-30-24-12-5-6-15-28(24)35-31(29)30)18-27-23(13-9-16-32-25)21-10-3-4-11-22(21)26-14-7-8-17-34(26)27/h2-4,7-11,14,16-17,19,23,27H,1,5-6,12-13,15,18H2/q+1/b16-9+,32-25-. The molecule has 0 radical (unpaired) electrons. The Kier molecular flexibility index (Phi) is 5.02. The minimum Gasteiger partial charge on any atom is -0.257 e. The van der Waals surface area contributed by atoms with Gasteiger partial charge in [0.1, 0.15) is 0 Å². The summed E-state index contributed by atoms with van der Waals surface area (Å²) >= 11 is 1.94. The second-order valence-electron chi connectivity index (χ2n) is 9.84. The molecule has 3 nitrogen and oxygen atoms in total. The lowest BCUT2D eigenvalue weighted by Crippen LogP contribution is -2.48. The van der Waals surface area contributed by atoms with Crippen LogP contribution in [0.15, 0.2) is 84.8 Å². The molecular formula is C31H28N3S+. The van der Waals surface area contributed by atoms with Crippen LogP contribution in [0.2, 0.25) is 0 Å². The first-order valence-corrected chi connectivity index (χ1v) is 13.5. The predicted molar refractivity (Wildman–Crippen MR) is 144 cm³/mol. The third-order valence-corrected chi connectivity index (χ3v) is 9.28. The molecule has 3 aromatic heterocycles. The fourth-order valence-electron chi connectivity index (χ4n) is 6.38. The zero-order chi connectivity index (χ0) is 23.4. The molecule has 0 N–H and O–H groups in total. The van der Waals surface area contributed by atoms with Gasteiger partial charge >= 0.3 is 0 Å². The summed E-state index contributed by atoms with van der Waals surface area (Å²) in [5.74, 6) is 0.378. The number of benzene rings is 1. The second-order valence-corrected chi connectivity index (χ2v) is 10.9. The molecule has 172 valence electrons. The summed E-state index contributed by atoms with van der Waals surface area (Å²) in [5, 5.41) is 0. The second kappa shape index (κ2) is 8.39. The van der Waals surface area contributed by atoms with E-state index in [1.807, 2.05) is 23.6 Å². The van der Waals surface area contributed by atoms with E-state index in [1.165, 1.54) is 67.9 Å². The van der Waals surface area contributed by atoms with Gasteiger partial charge in [-0.15, -0.1) is 11.3 Å². The summed E-state index contributed by atoms with van der Waals surface area (Å²) in [5.41, 5.74) is 10.2. The Hall–Kier alpha value is -3.37. The summed E-state index contributed by atoms with van der Waals surface area (Å²) < 4.78 is 3.80. The molecule has 1 aromatic carbocycles. The molecule has 0 saturated carbocycles. The molecule has 0 bridgehead atoms. The molecule has 35 heavy (non-hydrogen) atoms. The lowest BCUT2D eigenvalue weighted by Gasteiger charge is -2.30. The van der Waals surface area contributed by atoms with Crippen LogP contribution in [-0.2, 0) is 19.3 Å². The highest BCUT2D eigenvalue weighted by Gasteiger charge is 2.40. The summed E-state index contributed by atoms with van der Waals surface area (Å²) in [7, 11) is 0. The van der Waals surface area contributed by atoms with Crippen molar-refractivity contribution in [1.29, 1.82) is 0 Å². The maximum absolute atomic E-state index is 5.09. The smallest absolute Gasteiger partial charge is 0.213 e. The molecule has 2 unspecified atom stereocenters. The molecule has 0 spiro atoms. The van der Waals surface area contributed by atoms with Gasteiger partial charge in [0.05, 0.1) is 21.8 Å². The molecule has 3 aliphatic rings. The van der Waals surface area contributed by atoms with Crippen molar-refractivity contribution in [2.45, 2.75) is 50.5 Å². The number of allylic oxidation sites excluding steroid dienone is 2. The number of thiophene rings is 1. The Morgan fingerprint density at radius 3 is 2.89 bits per heavy atom. The van der Waals surface area contributed by atoms with Gasteiger partial charge in [-0.2, -0.15) is 4.57 Å². The number of aryl methyl sites for hydroxylation is 2. The van der Waals surface area contributed by atoms with E-state index in [2.05, 4.69) is 72.1 Å². The van der Waals surface area contributed by atoms with E-state index in [9.17, 15) is 0 Å². The van der Waals surface area contributed by atoms with Crippen molar-refractivity contribution < 1.29 is 4.57 Å². The fourth-order valence-corrected chi connectivity index (χ4v) is 7.81. The number of fused-ring (bicyclic) bond motifs is 11. The van der Waals surface area contributed by atoms with E-state index < -0.39 is 0 Å². The molecule has 1 aliphatic carbocycles. The van der Waals surface area contributed by atoms with Crippen LogP contribution in [0.25, 0.3) is 21.5 Å². The van der Waals surface area contributed by atoms with Gasteiger partial charge in [-0.25, -0.2) is 0 Å². The average molecular weight is 475 g/mol. The summed E-state index contributed by atoms with van der Waals surface area (Å²) in [6.45, 7) is 4.16. The van der Waals surface area contributed by atoms with Crippen molar-refractivity contribution in [2.24, 2.45) is 4.99 Å². The molecule has 2 atom stereocenters. The Morgan fingerprint density at radius 1 is 1.06 bits per heavy atom. The number of hydrogen-bond donors (Lipinski definition) is 0. The Bertz CT molecular complexity index is 1540. The number of rotatable bonds is 1. The van der Waals surface area contributed by atoms with Crippen molar-refractivity contribution in [3.63, 3.8) is 0 Å². The molecule has 7 rings (SSSR count). The van der Waals surface area contributed by atoms with Crippen molar-refractivity contribution in [3.05, 3.63) is 107 Å². The predicted octanol–water partition coefficient (Wildman–Crippen LogP) is 6.90. The molecule has 4 heteroatoms. The van der Waals surface area contributed by atoms with Gasteiger partial charge in [0, 0.05) is 47.0 Å². The molecule has 4 aromatic rings. The zero-order valence-corrected chi connectivity index (χ0v) is 20.6. The molecule has 0 amide bonds. The Balaban J connectivity index is 1.47. The number of nitrogens with zero attached hydrogens (tertiary/aromatic N) is 3. The lowest BCUT2D eigenvalue weighted by molar-refractivity contribution is -0.718. The Morgan fingerprint density at radius 2 is 1.94 bits per heavy atom. The molecule has 5 heterocycles. The molecule has 0 fully saturated rings. The topological polar surface area (TPSA) is 29.1 Å². The lowest BCUT2D eigenvalue weighted by atomic mass is 9.78. The highest BCUT2D eigenvalue weighted by atomic mass is 32.1. The minimum absolute atomic E-state index is 0.308. The fraction of sp³-hybridized carbons (Fsp3) is 0.258.